The van der Waals surface area contributed by atoms with Gasteiger partial charge in [-0.25, -0.2) is 8.42 Å². The summed E-state index contributed by atoms with van der Waals surface area (Å²) in [6, 6.07) is 8.40. The minimum atomic E-state index is -3.34. The Morgan fingerprint density at radius 1 is 1.21 bits per heavy atom. The van der Waals surface area contributed by atoms with Gasteiger partial charge in [-0.3, -0.25) is 9.89 Å². The fourth-order valence-corrected chi connectivity index (χ4v) is 4.50. The molecule has 0 amide bonds. The van der Waals surface area contributed by atoms with Crippen molar-refractivity contribution in [3.05, 3.63) is 30.3 Å². The van der Waals surface area contributed by atoms with E-state index in [-0.39, 0.29) is 35.8 Å². The van der Waals surface area contributed by atoms with E-state index in [1.54, 1.807) is 24.3 Å². The SMILES string of the molecule is CCNC(=NCCN1CCOCC1)NC(CC)CS(=O)(=O)c1ccccc1.I. The van der Waals surface area contributed by atoms with E-state index < -0.39 is 9.84 Å². The van der Waals surface area contributed by atoms with Crippen molar-refractivity contribution in [2.75, 3.05) is 51.7 Å². The number of guanidine groups is 1. The van der Waals surface area contributed by atoms with Gasteiger partial charge in [0.15, 0.2) is 15.8 Å². The third kappa shape index (κ3) is 8.62. The first kappa shape index (κ1) is 25.1. The van der Waals surface area contributed by atoms with E-state index in [9.17, 15) is 8.42 Å². The molecule has 0 aliphatic carbocycles. The lowest BCUT2D eigenvalue weighted by molar-refractivity contribution is 0.0394. The fraction of sp³-hybridized carbons (Fsp3) is 0.632. The highest BCUT2D eigenvalue weighted by molar-refractivity contribution is 14.0. The van der Waals surface area contributed by atoms with Crippen LogP contribution in [0, 0.1) is 0 Å². The van der Waals surface area contributed by atoms with Crippen LogP contribution in [0.25, 0.3) is 0 Å². The van der Waals surface area contributed by atoms with Crippen LogP contribution in [0.15, 0.2) is 40.2 Å². The molecule has 0 spiro atoms. The monoisotopic (exact) mass is 524 g/mol. The third-order valence-corrected chi connectivity index (χ3v) is 6.32. The van der Waals surface area contributed by atoms with Crippen molar-refractivity contribution < 1.29 is 13.2 Å². The maximum atomic E-state index is 12.6. The van der Waals surface area contributed by atoms with E-state index in [2.05, 4.69) is 20.5 Å². The van der Waals surface area contributed by atoms with Gasteiger partial charge in [0, 0.05) is 32.2 Å². The Labute approximate surface area is 186 Å². The van der Waals surface area contributed by atoms with E-state index in [1.165, 1.54) is 0 Å². The summed E-state index contributed by atoms with van der Waals surface area (Å²) in [5, 5.41) is 6.50. The van der Waals surface area contributed by atoms with Crippen LogP contribution in [0.3, 0.4) is 0 Å². The van der Waals surface area contributed by atoms with Crippen molar-refractivity contribution in [3.8, 4) is 0 Å². The number of nitrogens with zero attached hydrogens (tertiary/aromatic N) is 2. The number of halogens is 1. The quantitative estimate of drug-likeness (QED) is 0.291. The van der Waals surface area contributed by atoms with Crippen molar-refractivity contribution in [3.63, 3.8) is 0 Å². The minimum Gasteiger partial charge on any atom is -0.379 e. The minimum absolute atomic E-state index is 0. The number of rotatable bonds is 9. The van der Waals surface area contributed by atoms with Crippen LogP contribution in [0.1, 0.15) is 20.3 Å². The van der Waals surface area contributed by atoms with Crippen LogP contribution in [0.2, 0.25) is 0 Å². The third-order valence-electron chi connectivity index (χ3n) is 4.49. The van der Waals surface area contributed by atoms with E-state index >= 15 is 0 Å². The molecule has 1 aliphatic rings. The summed E-state index contributed by atoms with van der Waals surface area (Å²) in [5.41, 5.74) is 0. The predicted octanol–water partition coefficient (Wildman–Crippen LogP) is 1.74. The molecule has 1 saturated heterocycles. The van der Waals surface area contributed by atoms with Gasteiger partial charge in [-0.05, 0) is 25.5 Å². The Bertz CT molecular complexity index is 680. The maximum Gasteiger partial charge on any atom is 0.191 e. The molecule has 1 aliphatic heterocycles. The zero-order valence-corrected chi connectivity index (χ0v) is 19.9. The molecule has 1 fully saturated rings. The Balaban J connectivity index is 0.00000392. The van der Waals surface area contributed by atoms with Gasteiger partial charge in [0.25, 0.3) is 0 Å². The summed E-state index contributed by atoms with van der Waals surface area (Å²) < 4.78 is 30.6. The molecular formula is C19H33IN4O3S. The number of nitrogens with one attached hydrogen (secondary N) is 2. The van der Waals surface area contributed by atoms with Gasteiger partial charge in [0.2, 0.25) is 0 Å². The molecule has 0 bridgehead atoms. The number of morpholine rings is 1. The van der Waals surface area contributed by atoms with Crippen molar-refractivity contribution in [1.82, 2.24) is 15.5 Å². The van der Waals surface area contributed by atoms with Gasteiger partial charge in [-0.2, -0.15) is 0 Å². The average Bonchev–Trinajstić information content (AvgIpc) is 2.69. The second kappa shape index (κ2) is 13.3. The van der Waals surface area contributed by atoms with Crippen LogP contribution in [0.4, 0.5) is 0 Å². The zero-order chi connectivity index (χ0) is 19.5. The van der Waals surface area contributed by atoms with Crippen LogP contribution in [-0.4, -0.2) is 77.0 Å². The first-order valence-electron chi connectivity index (χ1n) is 9.68. The molecule has 1 unspecified atom stereocenters. The molecule has 160 valence electrons. The zero-order valence-electron chi connectivity index (χ0n) is 16.8. The molecule has 0 saturated carbocycles. The number of sulfone groups is 1. The second-order valence-corrected chi connectivity index (χ2v) is 8.59. The normalized spacial score (nSPS) is 16.9. The summed E-state index contributed by atoms with van der Waals surface area (Å²) >= 11 is 0. The number of benzene rings is 1. The van der Waals surface area contributed by atoms with E-state index in [1.807, 2.05) is 19.9 Å². The van der Waals surface area contributed by atoms with Gasteiger partial charge in [-0.15, -0.1) is 24.0 Å². The Hall–Kier alpha value is -0.910. The summed E-state index contributed by atoms with van der Waals surface area (Å²) in [4.78, 5) is 7.30. The van der Waals surface area contributed by atoms with Gasteiger partial charge in [-0.1, -0.05) is 25.1 Å². The molecule has 7 nitrogen and oxygen atoms in total. The highest BCUT2D eigenvalue weighted by Crippen LogP contribution is 2.12. The standard InChI is InChI=1S/C19H32N4O3S.HI/c1-3-17(16-27(24,25)18-8-6-5-7-9-18)22-19(20-4-2)21-10-11-23-12-14-26-15-13-23;/h5-9,17H,3-4,10-16H2,1-2H3,(H2,20,21,22);1H. The van der Waals surface area contributed by atoms with Crippen LogP contribution in [-0.2, 0) is 14.6 Å². The Kier molecular flexibility index (Phi) is 12.0. The summed E-state index contributed by atoms with van der Waals surface area (Å²) in [6.07, 6.45) is 0.694. The first-order valence-corrected chi connectivity index (χ1v) is 11.3. The van der Waals surface area contributed by atoms with E-state index in [4.69, 9.17) is 4.74 Å². The van der Waals surface area contributed by atoms with Crippen LogP contribution in [0.5, 0.6) is 0 Å². The molecule has 2 N–H and O–H groups in total. The van der Waals surface area contributed by atoms with Crippen LogP contribution < -0.4 is 10.6 Å². The Morgan fingerprint density at radius 3 is 2.50 bits per heavy atom. The summed E-state index contributed by atoms with van der Waals surface area (Å²) in [7, 11) is -3.34. The highest BCUT2D eigenvalue weighted by Gasteiger charge is 2.21. The van der Waals surface area contributed by atoms with Crippen molar-refractivity contribution in [2.45, 2.75) is 31.2 Å². The fourth-order valence-electron chi connectivity index (χ4n) is 2.89. The number of hydrogen-bond donors (Lipinski definition) is 2. The summed E-state index contributed by atoms with van der Waals surface area (Å²) in [5.74, 6) is 0.711. The second-order valence-electron chi connectivity index (χ2n) is 6.56. The first-order chi connectivity index (χ1) is 13.0. The molecular weight excluding hydrogens is 491 g/mol. The highest BCUT2D eigenvalue weighted by atomic mass is 127. The van der Waals surface area contributed by atoms with Crippen molar-refractivity contribution >= 4 is 39.8 Å². The number of aliphatic imine (C=N–C) groups is 1. The summed E-state index contributed by atoms with van der Waals surface area (Å²) in [6.45, 7) is 9.67. The van der Waals surface area contributed by atoms with E-state index in [0.29, 0.717) is 23.8 Å². The van der Waals surface area contributed by atoms with E-state index in [0.717, 1.165) is 39.4 Å². The van der Waals surface area contributed by atoms with Crippen LogP contribution >= 0.6 is 24.0 Å². The lowest BCUT2D eigenvalue weighted by Gasteiger charge is -2.26. The molecule has 1 heterocycles. The molecule has 2 rings (SSSR count). The molecule has 0 radical (unpaired) electrons. The molecule has 9 heteroatoms. The maximum absolute atomic E-state index is 12.6. The molecule has 1 aromatic carbocycles. The largest absolute Gasteiger partial charge is 0.379 e. The molecule has 1 aromatic rings. The predicted molar refractivity (Wildman–Crippen MR) is 124 cm³/mol. The number of ether oxygens (including phenoxy) is 1. The molecule has 28 heavy (non-hydrogen) atoms. The van der Waals surface area contributed by atoms with Crippen molar-refractivity contribution in [1.29, 1.82) is 0 Å². The molecule has 1 atom stereocenters. The van der Waals surface area contributed by atoms with Gasteiger partial charge >= 0.3 is 0 Å². The topological polar surface area (TPSA) is 83.0 Å². The average molecular weight is 524 g/mol. The number of hydrogen-bond acceptors (Lipinski definition) is 5. The molecule has 0 aromatic heterocycles. The Morgan fingerprint density at radius 2 is 1.89 bits per heavy atom. The smallest absolute Gasteiger partial charge is 0.191 e. The van der Waals surface area contributed by atoms with Gasteiger partial charge in [0.1, 0.15) is 0 Å². The lowest BCUT2D eigenvalue weighted by Crippen LogP contribution is -2.46. The van der Waals surface area contributed by atoms with Crippen molar-refractivity contribution in [2.24, 2.45) is 4.99 Å². The van der Waals surface area contributed by atoms with Gasteiger partial charge in [0.05, 0.1) is 30.4 Å². The van der Waals surface area contributed by atoms with Gasteiger partial charge < -0.3 is 15.4 Å². The lowest BCUT2D eigenvalue weighted by atomic mass is 10.3.